The fourth-order valence-electron chi connectivity index (χ4n) is 2.66. The van der Waals surface area contributed by atoms with Gasteiger partial charge in [0, 0.05) is 13.0 Å². The molecule has 1 N–H and O–H groups in total. The molecule has 2 fully saturated rings. The van der Waals surface area contributed by atoms with Crippen molar-refractivity contribution in [1.29, 1.82) is 0 Å². The van der Waals surface area contributed by atoms with Crippen LogP contribution in [0, 0.1) is 5.92 Å². The van der Waals surface area contributed by atoms with Crippen molar-refractivity contribution in [3.05, 3.63) is 0 Å². The number of nitrogens with one attached hydrogen (secondary N) is 1. The van der Waals surface area contributed by atoms with E-state index < -0.39 is 5.92 Å². The number of esters is 1. The predicted molar refractivity (Wildman–Crippen MR) is 88.0 cm³/mol. The molecule has 0 bridgehead atoms. The molecule has 0 aromatic rings. The molecule has 2 aliphatic rings. The first-order chi connectivity index (χ1) is 11.5. The summed E-state index contributed by atoms with van der Waals surface area (Å²) < 4.78 is 16.2. The smallest absolute Gasteiger partial charge is 0.306 e. The Labute approximate surface area is 146 Å². The molecule has 2 heterocycles. The molecule has 0 aliphatic carbocycles. The molecule has 2 saturated heterocycles. The number of carbonyl (C=O) groups is 3. The number of carbonyl (C=O) groups excluding carboxylic acids is 3. The van der Waals surface area contributed by atoms with Gasteiger partial charge in [-0.15, -0.1) is 0 Å². The molecular weight excluding hydrogens is 334 g/mol. The van der Waals surface area contributed by atoms with Crippen LogP contribution in [-0.2, 0) is 28.6 Å². The highest BCUT2D eigenvalue weighted by Gasteiger charge is 2.45. The average molecular weight is 359 g/mol. The maximum atomic E-state index is 11.9. The topological polar surface area (TPSA) is 90.9 Å². The molecule has 0 spiro atoms. The van der Waals surface area contributed by atoms with Gasteiger partial charge in [-0.25, -0.2) is 0 Å². The van der Waals surface area contributed by atoms with Crippen molar-refractivity contribution in [3.63, 3.8) is 0 Å². The third-order valence-electron chi connectivity index (χ3n) is 3.99. The lowest BCUT2D eigenvalue weighted by Gasteiger charge is -2.40. The molecule has 0 aromatic heterocycles. The van der Waals surface area contributed by atoms with Crippen molar-refractivity contribution >= 4 is 28.8 Å². The number of amides is 1. The van der Waals surface area contributed by atoms with E-state index in [1.54, 1.807) is 0 Å². The lowest BCUT2D eigenvalue weighted by molar-refractivity contribution is -0.199. The van der Waals surface area contributed by atoms with Gasteiger partial charge in [0.05, 0.1) is 17.4 Å². The molecule has 4 atom stereocenters. The minimum atomic E-state index is -0.407. The molecule has 2 rings (SSSR count). The number of rotatable bonds is 8. The number of ether oxygens (including phenoxy) is 3. The minimum Gasteiger partial charge on any atom is -0.457 e. The van der Waals surface area contributed by atoms with E-state index in [2.05, 4.69) is 5.32 Å². The van der Waals surface area contributed by atoms with Crippen LogP contribution in [0.15, 0.2) is 0 Å². The van der Waals surface area contributed by atoms with Crippen molar-refractivity contribution in [3.8, 4) is 0 Å². The zero-order valence-electron chi connectivity index (χ0n) is 14.1. The van der Waals surface area contributed by atoms with E-state index in [1.165, 1.54) is 0 Å². The third kappa shape index (κ3) is 5.46. The average Bonchev–Trinajstić information content (AvgIpc) is 2.53. The van der Waals surface area contributed by atoms with Gasteiger partial charge in [-0.3, -0.25) is 14.4 Å². The normalized spacial score (nSPS) is 27.8. The summed E-state index contributed by atoms with van der Waals surface area (Å²) in [5, 5.41) is 2.06. The first-order valence-electron chi connectivity index (χ1n) is 8.43. The van der Waals surface area contributed by atoms with Gasteiger partial charge in [-0.2, -0.15) is 0 Å². The molecule has 0 radical (unpaired) electrons. The maximum Gasteiger partial charge on any atom is 0.306 e. The van der Waals surface area contributed by atoms with E-state index in [9.17, 15) is 14.4 Å². The Hall–Kier alpha value is -1.12. The Morgan fingerprint density at radius 3 is 2.83 bits per heavy atom. The molecule has 2 aliphatic heterocycles. The van der Waals surface area contributed by atoms with Gasteiger partial charge in [0.1, 0.15) is 0 Å². The predicted octanol–water partition coefficient (Wildman–Crippen LogP) is 1.59. The van der Waals surface area contributed by atoms with Crippen LogP contribution in [0.25, 0.3) is 0 Å². The van der Waals surface area contributed by atoms with Crippen LogP contribution in [0.5, 0.6) is 0 Å². The molecule has 7 nitrogen and oxygen atoms in total. The zero-order valence-corrected chi connectivity index (χ0v) is 14.9. The maximum absolute atomic E-state index is 11.9. The molecule has 1 amide bonds. The van der Waals surface area contributed by atoms with Crippen molar-refractivity contribution in [2.75, 3.05) is 13.2 Å². The van der Waals surface area contributed by atoms with Gasteiger partial charge in [0.25, 0.3) is 0 Å². The molecular formula is C16H25NO6S. The van der Waals surface area contributed by atoms with E-state index in [0.717, 1.165) is 31.0 Å². The van der Waals surface area contributed by atoms with E-state index in [0.29, 0.717) is 19.4 Å². The summed E-state index contributed by atoms with van der Waals surface area (Å²) in [6, 6.07) is 0. The van der Waals surface area contributed by atoms with Gasteiger partial charge < -0.3 is 19.5 Å². The monoisotopic (exact) mass is 359 g/mol. The van der Waals surface area contributed by atoms with E-state index in [-0.39, 0.29) is 41.4 Å². The van der Waals surface area contributed by atoms with Gasteiger partial charge in [-0.1, -0.05) is 18.7 Å². The van der Waals surface area contributed by atoms with Crippen LogP contribution < -0.4 is 5.32 Å². The highest BCUT2D eigenvalue weighted by Crippen LogP contribution is 2.31. The molecule has 0 saturated carbocycles. The van der Waals surface area contributed by atoms with Crippen LogP contribution >= 0.6 is 11.8 Å². The van der Waals surface area contributed by atoms with Crippen molar-refractivity contribution in [2.24, 2.45) is 5.92 Å². The number of hydrogen-bond donors (Lipinski definition) is 1. The second kappa shape index (κ2) is 9.39. The van der Waals surface area contributed by atoms with Gasteiger partial charge in [0.15, 0.2) is 12.9 Å². The summed E-state index contributed by atoms with van der Waals surface area (Å²) in [5.74, 6) is -0.922. The van der Waals surface area contributed by atoms with Crippen molar-refractivity contribution in [2.45, 2.75) is 63.7 Å². The lowest BCUT2D eigenvalue weighted by Crippen LogP contribution is -2.61. The largest absolute Gasteiger partial charge is 0.457 e. The zero-order chi connectivity index (χ0) is 17.5. The fourth-order valence-corrected chi connectivity index (χ4v) is 3.74. The molecule has 1 unspecified atom stereocenters. The second-order valence-electron chi connectivity index (χ2n) is 5.99. The number of β-lactam (4-membered cyclic amide) rings is 1. The van der Waals surface area contributed by atoms with Crippen molar-refractivity contribution < 1.29 is 28.6 Å². The SMILES string of the molecule is CCCC(=O)OCC(=O)S[C@H]1NC(=O)[C@@H]1[C@@H](C)OC1CCCCO1. The van der Waals surface area contributed by atoms with Crippen LogP contribution in [0.2, 0.25) is 0 Å². The highest BCUT2D eigenvalue weighted by molar-refractivity contribution is 8.14. The Morgan fingerprint density at radius 1 is 1.42 bits per heavy atom. The van der Waals surface area contributed by atoms with E-state index in [1.807, 2.05) is 13.8 Å². The fraction of sp³-hybridized carbons (Fsp3) is 0.812. The van der Waals surface area contributed by atoms with Crippen LogP contribution in [0.1, 0.15) is 46.0 Å². The lowest BCUT2D eigenvalue weighted by atomic mass is 9.95. The van der Waals surface area contributed by atoms with Gasteiger partial charge in [-0.05, 0) is 32.6 Å². The molecule has 24 heavy (non-hydrogen) atoms. The summed E-state index contributed by atoms with van der Waals surface area (Å²) in [7, 11) is 0. The Balaban J connectivity index is 1.75. The first kappa shape index (κ1) is 19.2. The van der Waals surface area contributed by atoms with Crippen LogP contribution in [-0.4, -0.2) is 48.0 Å². The third-order valence-corrected chi connectivity index (χ3v) is 5.03. The first-order valence-corrected chi connectivity index (χ1v) is 9.31. The Morgan fingerprint density at radius 2 is 2.21 bits per heavy atom. The summed E-state index contributed by atoms with van der Waals surface area (Å²) in [4.78, 5) is 35.0. The molecule has 8 heteroatoms. The standard InChI is InChI=1S/C16H25NO6S/c1-3-6-11(18)22-9-12(19)24-16-14(15(20)17-16)10(2)23-13-7-4-5-8-21-13/h10,13-14,16H,3-9H2,1-2H3,(H,17,20)/t10-,13?,14+,16-/m1/s1. The molecule has 0 aromatic carbocycles. The van der Waals surface area contributed by atoms with Gasteiger partial charge in [0.2, 0.25) is 11.0 Å². The van der Waals surface area contributed by atoms with Crippen LogP contribution in [0.3, 0.4) is 0 Å². The second-order valence-corrected chi connectivity index (χ2v) is 7.19. The van der Waals surface area contributed by atoms with E-state index in [4.69, 9.17) is 14.2 Å². The Bertz CT molecular complexity index is 465. The van der Waals surface area contributed by atoms with Gasteiger partial charge >= 0.3 is 5.97 Å². The summed E-state index contributed by atoms with van der Waals surface area (Å²) in [6.45, 7) is 4.09. The highest BCUT2D eigenvalue weighted by atomic mass is 32.2. The quantitative estimate of drug-likeness (QED) is 0.520. The summed E-state index contributed by atoms with van der Waals surface area (Å²) >= 11 is 0.980. The summed E-state index contributed by atoms with van der Waals surface area (Å²) in [6.07, 6.45) is 3.26. The molecule has 136 valence electrons. The number of thioether (sulfide) groups is 1. The minimum absolute atomic E-state index is 0.133. The Kier molecular flexibility index (Phi) is 7.51. The summed E-state index contributed by atoms with van der Waals surface area (Å²) in [5.41, 5.74) is 0. The van der Waals surface area contributed by atoms with E-state index >= 15 is 0 Å². The van der Waals surface area contributed by atoms with Crippen LogP contribution in [0.4, 0.5) is 0 Å². The van der Waals surface area contributed by atoms with Crippen molar-refractivity contribution in [1.82, 2.24) is 5.32 Å². The number of hydrogen-bond acceptors (Lipinski definition) is 7.